The van der Waals surface area contributed by atoms with Crippen molar-refractivity contribution in [2.75, 3.05) is 0 Å². The van der Waals surface area contributed by atoms with Crippen LogP contribution < -0.4 is 4.72 Å². The molecule has 1 aromatic heterocycles. The van der Waals surface area contributed by atoms with E-state index < -0.39 is 10.0 Å². The first-order chi connectivity index (χ1) is 9.58. The summed E-state index contributed by atoms with van der Waals surface area (Å²) in [6.45, 7) is 0. The molecular formula is C14H17N3O2S. The number of nitrogens with one attached hydrogen (secondary N) is 1. The van der Waals surface area contributed by atoms with Gasteiger partial charge in [0.15, 0.2) is 0 Å². The number of benzene rings is 1. The van der Waals surface area contributed by atoms with Crippen molar-refractivity contribution in [1.82, 2.24) is 14.3 Å². The van der Waals surface area contributed by atoms with Crippen LogP contribution in [-0.4, -0.2) is 18.0 Å². The molecule has 0 fully saturated rings. The fourth-order valence-electron chi connectivity index (χ4n) is 2.73. The van der Waals surface area contributed by atoms with E-state index in [9.17, 15) is 8.42 Å². The molecule has 5 nitrogen and oxygen atoms in total. The average Bonchev–Trinajstić information content (AvgIpc) is 2.86. The van der Waals surface area contributed by atoms with Gasteiger partial charge in [0.2, 0.25) is 5.16 Å². The van der Waals surface area contributed by atoms with E-state index in [1.54, 1.807) is 13.2 Å². The minimum absolute atomic E-state index is 0.0561. The predicted octanol–water partition coefficient (Wildman–Crippen LogP) is 1.78. The van der Waals surface area contributed by atoms with Gasteiger partial charge in [0.05, 0.1) is 0 Å². The van der Waals surface area contributed by atoms with Crippen LogP contribution in [0.1, 0.15) is 30.0 Å². The van der Waals surface area contributed by atoms with Gasteiger partial charge in [-0.2, -0.15) is 0 Å². The Hall–Kier alpha value is -1.66. The normalized spacial score (nSPS) is 18.8. The van der Waals surface area contributed by atoms with Crippen molar-refractivity contribution in [3.63, 3.8) is 0 Å². The second kappa shape index (κ2) is 5.03. The van der Waals surface area contributed by atoms with Gasteiger partial charge in [-0.3, -0.25) is 0 Å². The van der Waals surface area contributed by atoms with Gasteiger partial charge < -0.3 is 4.57 Å². The molecule has 2 aromatic rings. The van der Waals surface area contributed by atoms with Gasteiger partial charge in [0, 0.05) is 25.5 Å². The van der Waals surface area contributed by atoms with Gasteiger partial charge in [-0.25, -0.2) is 18.1 Å². The molecule has 1 atom stereocenters. The van der Waals surface area contributed by atoms with Crippen LogP contribution in [-0.2, 0) is 23.5 Å². The molecule has 0 spiro atoms. The van der Waals surface area contributed by atoms with Crippen LogP contribution in [0, 0.1) is 0 Å². The number of imidazole rings is 1. The predicted molar refractivity (Wildman–Crippen MR) is 75.7 cm³/mol. The molecule has 6 heteroatoms. The first-order valence-electron chi connectivity index (χ1n) is 6.65. The third kappa shape index (κ3) is 2.36. The first-order valence-corrected chi connectivity index (χ1v) is 8.14. The summed E-state index contributed by atoms with van der Waals surface area (Å²) in [5.74, 6) is 0. The van der Waals surface area contributed by atoms with Gasteiger partial charge in [0.1, 0.15) is 0 Å². The van der Waals surface area contributed by atoms with E-state index in [1.165, 1.54) is 16.3 Å². The van der Waals surface area contributed by atoms with Crippen LogP contribution in [0.3, 0.4) is 0 Å². The van der Waals surface area contributed by atoms with Gasteiger partial charge in [0.25, 0.3) is 10.0 Å². The van der Waals surface area contributed by atoms with Crippen molar-refractivity contribution < 1.29 is 8.42 Å². The fourth-order valence-corrected chi connectivity index (χ4v) is 4.09. The van der Waals surface area contributed by atoms with Crippen molar-refractivity contribution in [2.24, 2.45) is 7.05 Å². The lowest BCUT2D eigenvalue weighted by molar-refractivity contribution is 0.500. The zero-order valence-electron chi connectivity index (χ0n) is 11.3. The summed E-state index contributed by atoms with van der Waals surface area (Å²) >= 11 is 0. The van der Waals surface area contributed by atoms with Gasteiger partial charge >= 0.3 is 0 Å². The molecule has 1 aliphatic rings. The lowest BCUT2D eigenvalue weighted by Gasteiger charge is -2.25. The summed E-state index contributed by atoms with van der Waals surface area (Å²) in [6.07, 6.45) is 5.94. The highest BCUT2D eigenvalue weighted by atomic mass is 32.2. The Bertz CT molecular complexity index is 722. The summed E-state index contributed by atoms with van der Waals surface area (Å²) in [5, 5.41) is 0.0561. The Morgan fingerprint density at radius 1 is 1.35 bits per heavy atom. The molecule has 1 unspecified atom stereocenters. The van der Waals surface area contributed by atoms with E-state index in [-0.39, 0.29) is 11.2 Å². The van der Waals surface area contributed by atoms with Crippen LogP contribution in [0.25, 0.3) is 0 Å². The third-order valence-corrected chi connectivity index (χ3v) is 5.15. The number of rotatable bonds is 3. The molecule has 1 aliphatic carbocycles. The van der Waals surface area contributed by atoms with E-state index >= 15 is 0 Å². The summed E-state index contributed by atoms with van der Waals surface area (Å²) in [5.41, 5.74) is 2.31. The minimum atomic E-state index is -3.59. The quantitative estimate of drug-likeness (QED) is 0.937. The SMILES string of the molecule is Cn1ccnc1S(=O)(=O)NC1CCCc2ccccc21. The largest absolute Gasteiger partial charge is 0.324 e. The summed E-state index contributed by atoms with van der Waals surface area (Å²) in [7, 11) is -1.91. The molecule has 1 heterocycles. The average molecular weight is 291 g/mol. The van der Waals surface area contributed by atoms with Gasteiger partial charge in [-0.05, 0) is 30.4 Å². The molecule has 0 radical (unpaired) electrons. The smallest absolute Gasteiger partial charge is 0.275 e. The number of aromatic nitrogens is 2. The first kappa shape index (κ1) is 13.3. The molecule has 0 amide bonds. The number of aryl methyl sites for hydroxylation is 2. The lowest BCUT2D eigenvalue weighted by atomic mass is 9.88. The van der Waals surface area contributed by atoms with Crippen LogP contribution >= 0.6 is 0 Å². The van der Waals surface area contributed by atoms with Gasteiger partial charge in [-0.15, -0.1) is 0 Å². The molecule has 0 bridgehead atoms. The van der Waals surface area contributed by atoms with E-state index in [0.717, 1.165) is 24.8 Å². The Labute approximate surface area is 118 Å². The monoisotopic (exact) mass is 291 g/mol. The second-order valence-corrected chi connectivity index (χ2v) is 6.69. The Morgan fingerprint density at radius 3 is 2.90 bits per heavy atom. The molecule has 106 valence electrons. The lowest BCUT2D eigenvalue weighted by Crippen LogP contribution is -2.32. The molecule has 20 heavy (non-hydrogen) atoms. The van der Waals surface area contributed by atoms with Crippen LogP contribution in [0.15, 0.2) is 41.8 Å². The van der Waals surface area contributed by atoms with Crippen LogP contribution in [0.5, 0.6) is 0 Å². The number of hydrogen-bond donors (Lipinski definition) is 1. The number of hydrogen-bond acceptors (Lipinski definition) is 3. The topological polar surface area (TPSA) is 64.0 Å². The van der Waals surface area contributed by atoms with Crippen molar-refractivity contribution in [3.05, 3.63) is 47.8 Å². The molecule has 0 saturated heterocycles. The van der Waals surface area contributed by atoms with Crippen molar-refractivity contribution in [3.8, 4) is 0 Å². The molecule has 0 aliphatic heterocycles. The molecule has 1 N–H and O–H groups in total. The summed E-state index contributed by atoms with van der Waals surface area (Å²) < 4.78 is 29.1. The summed E-state index contributed by atoms with van der Waals surface area (Å²) in [4.78, 5) is 3.92. The zero-order valence-corrected chi connectivity index (χ0v) is 12.1. The van der Waals surface area contributed by atoms with Gasteiger partial charge in [-0.1, -0.05) is 24.3 Å². The second-order valence-electron chi connectivity index (χ2n) is 5.09. The zero-order chi connectivity index (χ0) is 14.2. The van der Waals surface area contributed by atoms with Crippen molar-refractivity contribution in [2.45, 2.75) is 30.5 Å². The maximum absolute atomic E-state index is 12.4. The highest BCUT2D eigenvalue weighted by molar-refractivity contribution is 7.89. The Balaban J connectivity index is 1.91. The highest BCUT2D eigenvalue weighted by Gasteiger charge is 2.27. The third-order valence-electron chi connectivity index (χ3n) is 3.68. The van der Waals surface area contributed by atoms with E-state index in [2.05, 4.69) is 15.8 Å². The molecular weight excluding hydrogens is 274 g/mol. The van der Waals surface area contributed by atoms with Crippen LogP contribution in [0.4, 0.5) is 0 Å². The molecule has 3 rings (SSSR count). The van der Waals surface area contributed by atoms with E-state index in [0.29, 0.717) is 0 Å². The Kier molecular flexibility index (Phi) is 3.35. The number of fused-ring (bicyclic) bond motifs is 1. The van der Waals surface area contributed by atoms with Crippen molar-refractivity contribution in [1.29, 1.82) is 0 Å². The standard InChI is InChI=1S/C14H17N3O2S/c1-17-10-9-15-14(17)20(18,19)16-13-8-4-6-11-5-2-3-7-12(11)13/h2-3,5,7,9-10,13,16H,4,6,8H2,1H3. The maximum atomic E-state index is 12.4. The number of nitrogens with zero attached hydrogens (tertiary/aromatic N) is 2. The Morgan fingerprint density at radius 2 is 2.15 bits per heavy atom. The minimum Gasteiger partial charge on any atom is -0.324 e. The number of sulfonamides is 1. The molecule has 1 aromatic carbocycles. The fraction of sp³-hybridized carbons (Fsp3) is 0.357. The van der Waals surface area contributed by atoms with Crippen molar-refractivity contribution >= 4 is 10.0 Å². The van der Waals surface area contributed by atoms with E-state index in [1.807, 2.05) is 18.2 Å². The summed E-state index contributed by atoms with van der Waals surface area (Å²) in [6, 6.07) is 7.85. The highest BCUT2D eigenvalue weighted by Crippen LogP contribution is 2.30. The van der Waals surface area contributed by atoms with E-state index in [4.69, 9.17) is 0 Å². The molecule has 0 saturated carbocycles. The van der Waals surface area contributed by atoms with Crippen LogP contribution in [0.2, 0.25) is 0 Å². The maximum Gasteiger partial charge on any atom is 0.275 e.